The van der Waals surface area contributed by atoms with Gasteiger partial charge in [0, 0.05) is 12.6 Å². The molecule has 2 aromatic rings. The van der Waals surface area contributed by atoms with Crippen LogP contribution in [0, 0.1) is 12.7 Å². The maximum Gasteiger partial charge on any atom is 0.263 e. The van der Waals surface area contributed by atoms with E-state index in [2.05, 4.69) is 10.0 Å². The van der Waals surface area contributed by atoms with Gasteiger partial charge in [-0.2, -0.15) is 0 Å². The summed E-state index contributed by atoms with van der Waals surface area (Å²) in [5.41, 5.74) is 0.975. The molecular weight excluding hydrogens is 279 g/mol. The SMILES string of the molecule is CNc1ccccc1S(=O)(=O)Nc1cccc(F)c1C. The van der Waals surface area contributed by atoms with Crippen LogP contribution < -0.4 is 10.0 Å². The van der Waals surface area contributed by atoms with E-state index >= 15 is 0 Å². The van der Waals surface area contributed by atoms with Crippen molar-refractivity contribution in [1.82, 2.24) is 0 Å². The fraction of sp³-hybridized carbons (Fsp3) is 0.143. The van der Waals surface area contributed by atoms with Crippen LogP contribution in [0.1, 0.15) is 5.56 Å². The Labute approximate surface area is 117 Å². The molecule has 0 aliphatic carbocycles. The fourth-order valence-corrected chi connectivity index (χ4v) is 3.16. The molecule has 0 unspecified atom stereocenters. The minimum atomic E-state index is -3.77. The predicted molar refractivity (Wildman–Crippen MR) is 77.9 cm³/mol. The van der Waals surface area contributed by atoms with Crippen LogP contribution in [0.5, 0.6) is 0 Å². The van der Waals surface area contributed by atoms with Crippen LogP contribution in [-0.2, 0) is 10.0 Å². The van der Waals surface area contributed by atoms with Crippen molar-refractivity contribution in [3.63, 3.8) is 0 Å². The molecule has 0 aliphatic heterocycles. The molecule has 2 aromatic carbocycles. The molecule has 20 heavy (non-hydrogen) atoms. The standard InChI is InChI=1S/C14H15FN2O2S/c1-10-11(15)6-5-8-12(10)17-20(18,19)14-9-4-3-7-13(14)16-2/h3-9,16-17H,1-2H3. The van der Waals surface area contributed by atoms with Crippen LogP contribution in [0.15, 0.2) is 47.4 Å². The Kier molecular flexibility index (Phi) is 3.94. The maximum absolute atomic E-state index is 13.5. The van der Waals surface area contributed by atoms with Crippen molar-refractivity contribution in [1.29, 1.82) is 0 Å². The fourth-order valence-electron chi connectivity index (χ4n) is 1.83. The molecule has 4 nitrogen and oxygen atoms in total. The van der Waals surface area contributed by atoms with Gasteiger partial charge in [0.15, 0.2) is 0 Å². The number of rotatable bonds is 4. The summed E-state index contributed by atoms with van der Waals surface area (Å²) in [6.45, 7) is 1.52. The molecular formula is C14H15FN2O2S. The lowest BCUT2D eigenvalue weighted by Crippen LogP contribution is -2.15. The van der Waals surface area contributed by atoms with Crippen molar-refractivity contribution in [2.45, 2.75) is 11.8 Å². The van der Waals surface area contributed by atoms with Crippen LogP contribution in [0.25, 0.3) is 0 Å². The second-order valence-corrected chi connectivity index (χ2v) is 5.91. The van der Waals surface area contributed by atoms with E-state index in [0.29, 0.717) is 5.69 Å². The summed E-state index contributed by atoms with van der Waals surface area (Å²) in [5.74, 6) is -0.452. The first-order valence-corrected chi connectivity index (χ1v) is 7.49. The Morgan fingerprint density at radius 3 is 2.35 bits per heavy atom. The first-order valence-electron chi connectivity index (χ1n) is 6.00. The second kappa shape index (κ2) is 5.50. The summed E-state index contributed by atoms with van der Waals surface area (Å²) in [4.78, 5) is 0.117. The van der Waals surface area contributed by atoms with E-state index in [4.69, 9.17) is 0 Å². The molecule has 0 aliphatic rings. The van der Waals surface area contributed by atoms with Crippen LogP contribution >= 0.6 is 0 Å². The van der Waals surface area contributed by atoms with Gasteiger partial charge in [0.2, 0.25) is 0 Å². The zero-order valence-corrected chi connectivity index (χ0v) is 12.0. The summed E-state index contributed by atoms with van der Waals surface area (Å²) >= 11 is 0. The van der Waals surface area contributed by atoms with Gasteiger partial charge in [-0.1, -0.05) is 18.2 Å². The van der Waals surface area contributed by atoms with Crippen LogP contribution in [0.2, 0.25) is 0 Å². The van der Waals surface area contributed by atoms with Crippen molar-refractivity contribution in [3.05, 3.63) is 53.8 Å². The molecule has 0 saturated carbocycles. The Balaban J connectivity index is 2.44. The lowest BCUT2D eigenvalue weighted by Gasteiger charge is -2.13. The normalized spacial score (nSPS) is 11.2. The van der Waals surface area contributed by atoms with Crippen molar-refractivity contribution in [2.75, 3.05) is 17.1 Å². The predicted octanol–water partition coefficient (Wildman–Crippen LogP) is 2.98. The Morgan fingerprint density at radius 2 is 1.65 bits per heavy atom. The smallest absolute Gasteiger partial charge is 0.263 e. The van der Waals surface area contributed by atoms with Crippen molar-refractivity contribution >= 4 is 21.4 Å². The average molecular weight is 294 g/mol. The van der Waals surface area contributed by atoms with Gasteiger partial charge >= 0.3 is 0 Å². The van der Waals surface area contributed by atoms with Crippen LogP contribution in [-0.4, -0.2) is 15.5 Å². The van der Waals surface area contributed by atoms with E-state index in [1.54, 1.807) is 25.2 Å². The Hall–Kier alpha value is -2.08. The molecule has 0 spiro atoms. The largest absolute Gasteiger partial charge is 0.387 e. The third-order valence-electron chi connectivity index (χ3n) is 2.96. The van der Waals surface area contributed by atoms with E-state index in [-0.39, 0.29) is 16.1 Å². The first kappa shape index (κ1) is 14.3. The number of hydrogen-bond acceptors (Lipinski definition) is 3. The number of hydrogen-bond donors (Lipinski definition) is 2. The molecule has 6 heteroatoms. The summed E-state index contributed by atoms with van der Waals surface area (Å²) in [5, 5.41) is 2.82. The minimum absolute atomic E-state index is 0.117. The van der Waals surface area contributed by atoms with E-state index in [9.17, 15) is 12.8 Å². The van der Waals surface area contributed by atoms with Crippen LogP contribution in [0.4, 0.5) is 15.8 Å². The summed E-state index contributed by atoms with van der Waals surface area (Å²) in [7, 11) is -2.13. The van der Waals surface area contributed by atoms with Gasteiger partial charge in [-0.05, 0) is 31.2 Å². The van der Waals surface area contributed by atoms with Crippen molar-refractivity contribution < 1.29 is 12.8 Å². The molecule has 106 valence electrons. The van der Waals surface area contributed by atoms with Gasteiger partial charge in [0.25, 0.3) is 10.0 Å². The molecule has 0 atom stereocenters. The number of nitrogens with one attached hydrogen (secondary N) is 2. The highest BCUT2D eigenvalue weighted by atomic mass is 32.2. The highest BCUT2D eigenvalue weighted by Gasteiger charge is 2.19. The number of sulfonamides is 1. The maximum atomic E-state index is 13.5. The van der Waals surface area contributed by atoms with Crippen molar-refractivity contribution in [3.8, 4) is 0 Å². The number of anilines is 2. The molecule has 0 fully saturated rings. The minimum Gasteiger partial charge on any atom is -0.387 e. The van der Waals surface area contributed by atoms with Gasteiger partial charge in [-0.25, -0.2) is 12.8 Å². The molecule has 0 radical (unpaired) electrons. The van der Waals surface area contributed by atoms with Crippen LogP contribution in [0.3, 0.4) is 0 Å². The lowest BCUT2D eigenvalue weighted by molar-refractivity contribution is 0.601. The molecule has 0 aromatic heterocycles. The topological polar surface area (TPSA) is 58.2 Å². The van der Waals surface area contributed by atoms with E-state index in [0.717, 1.165) is 0 Å². The molecule has 0 bridgehead atoms. The van der Waals surface area contributed by atoms with E-state index in [1.165, 1.54) is 31.2 Å². The number of para-hydroxylation sites is 1. The zero-order chi connectivity index (χ0) is 14.8. The monoisotopic (exact) mass is 294 g/mol. The molecule has 2 N–H and O–H groups in total. The summed E-state index contributed by atoms with van der Waals surface area (Å²) in [6, 6.07) is 10.8. The van der Waals surface area contributed by atoms with E-state index < -0.39 is 15.8 Å². The lowest BCUT2D eigenvalue weighted by atomic mass is 10.2. The van der Waals surface area contributed by atoms with E-state index in [1.807, 2.05) is 0 Å². The highest BCUT2D eigenvalue weighted by molar-refractivity contribution is 7.92. The van der Waals surface area contributed by atoms with Crippen molar-refractivity contribution in [2.24, 2.45) is 0 Å². The molecule has 0 heterocycles. The van der Waals surface area contributed by atoms with Gasteiger partial charge < -0.3 is 5.32 Å². The Morgan fingerprint density at radius 1 is 1.00 bits per heavy atom. The van der Waals surface area contributed by atoms with Gasteiger partial charge in [0.1, 0.15) is 10.7 Å². The molecule has 2 rings (SSSR count). The van der Waals surface area contributed by atoms with Gasteiger partial charge in [-0.3, -0.25) is 4.72 Å². The number of halogens is 1. The average Bonchev–Trinajstić information content (AvgIpc) is 2.43. The third kappa shape index (κ3) is 2.75. The quantitative estimate of drug-likeness (QED) is 0.911. The van der Waals surface area contributed by atoms with Gasteiger partial charge in [0.05, 0.1) is 11.4 Å². The molecule has 0 saturated heterocycles. The Bertz CT molecular complexity index is 730. The highest BCUT2D eigenvalue weighted by Crippen LogP contribution is 2.25. The zero-order valence-electron chi connectivity index (χ0n) is 11.1. The summed E-state index contributed by atoms with van der Waals surface area (Å²) < 4.78 is 40.6. The first-order chi connectivity index (χ1) is 9.45. The van der Waals surface area contributed by atoms with Gasteiger partial charge in [-0.15, -0.1) is 0 Å². The third-order valence-corrected chi connectivity index (χ3v) is 4.38. The second-order valence-electron chi connectivity index (χ2n) is 4.26. The summed E-state index contributed by atoms with van der Waals surface area (Å²) in [6.07, 6.45) is 0. The molecule has 0 amide bonds. The number of benzene rings is 2.